The van der Waals surface area contributed by atoms with Crippen LogP contribution in [0.1, 0.15) is 17.5 Å². The van der Waals surface area contributed by atoms with Crippen LogP contribution >= 0.6 is 11.3 Å². The lowest BCUT2D eigenvalue weighted by molar-refractivity contribution is 0.142. The van der Waals surface area contributed by atoms with Gasteiger partial charge in [-0.25, -0.2) is 4.98 Å². The van der Waals surface area contributed by atoms with E-state index in [1.165, 1.54) is 4.88 Å². The number of nitrogens with zero attached hydrogens (tertiary/aromatic N) is 2. The van der Waals surface area contributed by atoms with Crippen molar-refractivity contribution in [2.45, 2.75) is 26.4 Å². The molecule has 3 nitrogen and oxygen atoms in total. The summed E-state index contributed by atoms with van der Waals surface area (Å²) in [5.41, 5.74) is 3.03. The maximum Gasteiger partial charge on any atom is 0.0797 e. The van der Waals surface area contributed by atoms with Gasteiger partial charge < -0.3 is 10.0 Å². The monoisotopic (exact) mass is 214 g/mol. The van der Waals surface area contributed by atoms with Crippen molar-refractivity contribution in [1.29, 1.82) is 0 Å². The molecule has 0 saturated heterocycles. The van der Waals surface area contributed by atoms with Gasteiger partial charge in [0, 0.05) is 18.0 Å². The van der Waals surface area contributed by atoms with E-state index in [4.69, 9.17) is 0 Å². The highest BCUT2D eigenvalue weighted by atomic mass is 32.1. The molecule has 1 rings (SSSR count). The van der Waals surface area contributed by atoms with Gasteiger partial charge in [0.25, 0.3) is 0 Å². The molecule has 0 aliphatic heterocycles. The van der Waals surface area contributed by atoms with Crippen molar-refractivity contribution >= 4 is 11.3 Å². The normalized spacial score (nSPS) is 13.5. The van der Waals surface area contributed by atoms with Crippen LogP contribution in [-0.2, 0) is 6.42 Å². The minimum absolute atomic E-state index is 0.248. The van der Waals surface area contributed by atoms with Gasteiger partial charge in [-0.2, -0.15) is 0 Å². The summed E-state index contributed by atoms with van der Waals surface area (Å²) in [5.74, 6) is 0. The van der Waals surface area contributed by atoms with E-state index in [-0.39, 0.29) is 6.10 Å². The molecule has 0 amide bonds. The summed E-state index contributed by atoms with van der Waals surface area (Å²) in [6.45, 7) is 5.57. The molecule has 0 aliphatic rings. The second-order valence-electron chi connectivity index (χ2n) is 3.72. The Bertz CT molecular complexity index is 273. The van der Waals surface area contributed by atoms with Crippen LogP contribution in [0.15, 0.2) is 5.51 Å². The molecule has 1 heterocycles. The van der Waals surface area contributed by atoms with Crippen molar-refractivity contribution in [2.75, 3.05) is 20.1 Å². The third kappa shape index (κ3) is 3.74. The van der Waals surface area contributed by atoms with Crippen molar-refractivity contribution in [2.24, 2.45) is 0 Å². The van der Waals surface area contributed by atoms with Gasteiger partial charge in [0.15, 0.2) is 0 Å². The molecular weight excluding hydrogens is 196 g/mol. The molecule has 0 spiro atoms. The molecule has 0 radical (unpaired) electrons. The number of aliphatic hydroxyl groups excluding tert-OH is 1. The Morgan fingerprint density at radius 3 is 2.86 bits per heavy atom. The van der Waals surface area contributed by atoms with E-state index in [9.17, 15) is 5.11 Å². The lowest BCUT2D eigenvalue weighted by Crippen LogP contribution is -2.29. The average molecular weight is 214 g/mol. The zero-order chi connectivity index (χ0) is 10.6. The molecule has 4 heteroatoms. The van der Waals surface area contributed by atoms with Crippen LogP contribution in [0.5, 0.6) is 0 Å². The molecule has 1 unspecified atom stereocenters. The number of hydrogen-bond acceptors (Lipinski definition) is 4. The van der Waals surface area contributed by atoms with Crippen LogP contribution in [-0.4, -0.2) is 41.2 Å². The molecule has 14 heavy (non-hydrogen) atoms. The quantitative estimate of drug-likeness (QED) is 0.803. The van der Waals surface area contributed by atoms with Gasteiger partial charge in [0.05, 0.1) is 17.3 Å². The molecule has 80 valence electrons. The summed E-state index contributed by atoms with van der Waals surface area (Å²) in [5, 5.41) is 9.18. The summed E-state index contributed by atoms with van der Waals surface area (Å²) in [7, 11) is 2.03. The van der Waals surface area contributed by atoms with Crippen molar-refractivity contribution in [3.8, 4) is 0 Å². The van der Waals surface area contributed by atoms with Crippen LogP contribution in [0.25, 0.3) is 0 Å². The van der Waals surface area contributed by atoms with Gasteiger partial charge in [-0.05, 0) is 27.3 Å². The zero-order valence-corrected chi connectivity index (χ0v) is 9.84. The standard InChI is InChI=1S/C10H18N2OS/c1-8(13)6-12(3)5-4-10-9(2)11-7-14-10/h7-8,13H,4-6H2,1-3H3. The summed E-state index contributed by atoms with van der Waals surface area (Å²) < 4.78 is 0. The molecule has 1 aromatic rings. The first-order chi connectivity index (χ1) is 6.59. The molecule has 1 atom stereocenters. The third-order valence-electron chi connectivity index (χ3n) is 2.14. The van der Waals surface area contributed by atoms with E-state index < -0.39 is 0 Å². The Labute approximate surface area is 89.4 Å². The summed E-state index contributed by atoms with van der Waals surface area (Å²) in [6.07, 6.45) is 0.780. The number of aryl methyl sites for hydroxylation is 1. The van der Waals surface area contributed by atoms with E-state index in [2.05, 4.69) is 9.88 Å². The van der Waals surface area contributed by atoms with Gasteiger partial charge in [0.2, 0.25) is 0 Å². The minimum Gasteiger partial charge on any atom is -0.392 e. The lowest BCUT2D eigenvalue weighted by Gasteiger charge is -2.17. The van der Waals surface area contributed by atoms with Crippen molar-refractivity contribution in [1.82, 2.24) is 9.88 Å². The maximum atomic E-state index is 9.18. The summed E-state index contributed by atoms with van der Waals surface area (Å²) in [6, 6.07) is 0. The Kier molecular flexibility index (Phi) is 4.51. The number of rotatable bonds is 5. The maximum absolute atomic E-state index is 9.18. The Morgan fingerprint density at radius 1 is 1.64 bits per heavy atom. The topological polar surface area (TPSA) is 36.4 Å². The molecule has 0 bridgehead atoms. The van der Waals surface area contributed by atoms with Crippen molar-refractivity contribution in [3.63, 3.8) is 0 Å². The number of aromatic nitrogens is 1. The SMILES string of the molecule is Cc1ncsc1CCN(C)CC(C)O. The first-order valence-electron chi connectivity index (χ1n) is 4.85. The second kappa shape index (κ2) is 5.44. The Balaban J connectivity index is 2.30. The van der Waals surface area contributed by atoms with Crippen LogP contribution in [0.4, 0.5) is 0 Å². The minimum atomic E-state index is -0.248. The van der Waals surface area contributed by atoms with Crippen LogP contribution in [0, 0.1) is 6.92 Å². The van der Waals surface area contributed by atoms with E-state index in [1.807, 2.05) is 26.4 Å². The second-order valence-corrected chi connectivity index (χ2v) is 4.66. The smallest absolute Gasteiger partial charge is 0.0797 e. The first kappa shape index (κ1) is 11.6. The predicted octanol–water partition coefficient (Wildman–Crippen LogP) is 1.31. The van der Waals surface area contributed by atoms with E-state index in [0.717, 1.165) is 25.2 Å². The molecule has 0 aliphatic carbocycles. The zero-order valence-electron chi connectivity index (χ0n) is 9.03. The number of thiazole rings is 1. The Hall–Kier alpha value is -0.450. The first-order valence-corrected chi connectivity index (χ1v) is 5.73. The third-order valence-corrected chi connectivity index (χ3v) is 3.14. The number of aliphatic hydroxyl groups is 1. The molecular formula is C10H18N2OS. The predicted molar refractivity (Wildman–Crippen MR) is 59.7 cm³/mol. The van der Waals surface area contributed by atoms with Crippen molar-refractivity contribution in [3.05, 3.63) is 16.1 Å². The van der Waals surface area contributed by atoms with Crippen LogP contribution < -0.4 is 0 Å². The highest BCUT2D eigenvalue weighted by Gasteiger charge is 2.05. The molecule has 0 fully saturated rings. The fraction of sp³-hybridized carbons (Fsp3) is 0.700. The number of likely N-dealkylation sites (N-methyl/N-ethyl adjacent to an activating group) is 1. The average Bonchev–Trinajstić information content (AvgIpc) is 2.46. The fourth-order valence-corrected chi connectivity index (χ4v) is 2.17. The van der Waals surface area contributed by atoms with Gasteiger partial charge >= 0.3 is 0 Å². The fourth-order valence-electron chi connectivity index (χ4n) is 1.40. The molecule has 1 N–H and O–H groups in total. The number of hydrogen-bond donors (Lipinski definition) is 1. The van der Waals surface area contributed by atoms with Crippen molar-refractivity contribution < 1.29 is 5.11 Å². The van der Waals surface area contributed by atoms with Crippen LogP contribution in [0.3, 0.4) is 0 Å². The van der Waals surface area contributed by atoms with E-state index in [1.54, 1.807) is 11.3 Å². The summed E-state index contributed by atoms with van der Waals surface area (Å²) in [4.78, 5) is 7.70. The van der Waals surface area contributed by atoms with E-state index >= 15 is 0 Å². The van der Waals surface area contributed by atoms with E-state index in [0.29, 0.717) is 0 Å². The molecule has 0 saturated carbocycles. The Morgan fingerprint density at radius 2 is 2.36 bits per heavy atom. The highest BCUT2D eigenvalue weighted by Crippen LogP contribution is 2.12. The largest absolute Gasteiger partial charge is 0.392 e. The highest BCUT2D eigenvalue weighted by molar-refractivity contribution is 7.09. The summed E-state index contributed by atoms with van der Waals surface area (Å²) >= 11 is 1.71. The molecule has 1 aromatic heterocycles. The van der Waals surface area contributed by atoms with Gasteiger partial charge in [-0.3, -0.25) is 0 Å². The van der Waals surface area contributed by atoms with Gasteiger partial charge in [-0.15, -0.1) is 11.3 Å². The lowest BCUT2D eigenvalue weighted by atomic mass is 10.3. The van der Waals surface area contributed by atoms with Crippen LogP contribution in [0.2, 0.25) is 0 Å². The van der Waals surface area contributed by atoms with Gasteiger partial charge in [-0.1, -0.05) is 0 Å². The molecule has 0 aromatic carbocycles. The van der Waals surface area contributed by atoms with Gasteiger partial charge in [0.1, 0.15) is 0 Å².